The van der Waals surface area contributed by atoms with Gasteiger partial charge in [0.05, 0.1) is 29.3 Å². The van der Waals surface area contributed by atoms with E-state index in [1.807, 2.05) is 45.3 Å². The lowest BCUT2D eigenvalue weighted by Gasteiger charge is -1.96. The molecule has 0 unspecified atom stereocenters. The summed E-state index contributed by atoms with van der Waals surface area (Å²) in [5.74, 6) is 0. The lowest BCUT2D eigenvalue weighted by atomic mass is 10.1. The zero-order chi connectivity index (χ0) is 57.8. The first-order valence-corrected chi connectivity index (χ1v) is 41.3. The van der Waals surface area contributed by atoms with E-state index in [2.05, 4.69) is 167 Å². The number of unbranched alkanes of at least 4 members (excludes halogenated alkanes) is 6. The Morgan fingerprint density at radius 2 is 0.488 bits per heavy atom. The third-order valence-electron chi connectivity index (χ3n) is 13.5. The fourth-order valence-electron chi connectivity index (χ4n) is 9.28. The van der Waals surface area contributed by atoms with Gasteiger partial charge in [-0.15, -0.1) is 113 Å². The minimum atomic E-state index is 1.03. The number of hydrogen-bond donors (Lipinski definition) is 0. The Labute approximate surface area is 562 Å². The molecule has 432 valence electrons. The fourth-order valence-corrected chi connectivity index (χ4v) is 25.2. The molecule has 86 heavy (non-hydrogen) atoms. The smallest absolute Gasteiger partial charge is 0.155 e. The lowest BCUT2D eigenvalue weighted by Crippen LogP contribution is -1.80. The van der Waals surface area contributed by atoms with Gasteiger partial charge < -0.3 is 0 Å². The Morgan fingerprint density at radius 3 is 0.779 bits per heavy atom. The summed E-state index contributed by atoms with van der Waals surface area (Å²) in [6.45, 7) is 4.55. The number of aromatic nitrogens is 6. The highest BCUT2D eigenvalue weighted by molar-refractivity contribution is 7.35. The van der Waals surface area contributed by atoms with Crippen LogP contribution in [0.1, 0.15) is 75.0 Å². The van der Waals surface area contributed by atoms with Crippen LogP contribution in [0, 0.1) is 0 Å². The first-order chi connectivity index (χ1) is 42.4. The number of fused-ring (bicyclic) bond motifs is 3. The number of thiophene rings is 10. The van der Waals surface area contributed by atoms with Gasteiger partial charge >= 0.3 is 0 Å². The van der Waals surface area contributed by atoms with Crippen molar-refractivity contribution in [3.63, 3.8) is 0 Å². The van der Waals surface area contributed by atoms with Gasteiger partial charge in [-0.25, -0.2) is 29.9 Å². The van der Waals surface area contributed by atoms with E-state index >= 15 is 0 Å². The zero-order valence-electron chi connectivity index (χ0n) is 46.1. The van der Waals surface area contributed by atoms with Crippen molar-refractivity contribution in [2.24, 2.45) is 0 Å². The number of rotatable bonds is 20. The number of hydrogen-bond acceptors (Lipinski definition) is 22. The molecule has 0 amide bonds. The van der Waals surface area contributed by atoms with Crippen molar-refractivity contribution in [3.05, 3.63) is 153 Å². The Hall–Kier alpha value is -4.44. The SMILES string of the molecule is CCCCCCc1ccc(-c2ccc(-c3nc4sc(-c5ccc(-c6ccc(CCCCCC)s6)s5)nc4s3)s2)s1.c1csc(-c2ccc(-c3nc4sc(-c5ccc(-c6cccs6)s5)nc4s3)s2)c1.c1csc(-c2nc3sc(-c4cccs4)nc3s2)c1. The quantitative estimate of drug-likeness (QED) is 0.0708. The molecule has 0 bridgehead atoms. The third kappa shape index (κ3) is 13.7. The highest BCUT2D eigenvalue weighted by atomic mass is 32.2. The van der Waals surface area contributed by atoms with E-state index in [-0.39, 0.29) is 0 Å². The number of aryl methyl sites for hydroxylation is 2. The Balaban J connectivity index is 0.000000122. The summed E-state index contributed by atoms with van der Waals surface area (Å²) in [5, 5.41) is 14.9. The predicted molar refractivity (Wildman–Crippen MR) is 395 cm³/mol. The molecule has 16 aromatic rings. The van der Waals surface area contributed by atoms with Crippen LogP contribution >= 0.6 is 181 Å². The van der Waals surface area contributed by atoms with Gasteiger partial charge in [-0.3, -0.25) is 0 Å². The monoisotopic (exact) mass is 1410 g/mol. The molecular weight excluding hydrogens is 1370 g/mol. The van der Waals surface area contributed by atoms with Gasteiger partial charge in [0.15, 0.2) is 29.0 Å². The van der Waals surface area contributed by atoms with Crippen LogP contribution < -0.4 is 0 Å². The molecule has 0 N–H and O–H groups in total. The molecule has 0 radical (unpaired) electrons. The van der Waals surface area contributed by atoms with Crippen LogP contribution in [0.15, 0.2) is 143 Å². The average Bonchev–Trinajstić information content (AvgIpc) is 2.09. The molecule has 0 saturated heterocycles. The van der Waals surface area contributed by atoms with E-state index in [0.29, 0.717) is 0 Å². The molecular formula is C64H50N6S16. The molecule has 0 aromatic carbocycles. The minimum Gasteiger partial charge on any atom is -0.222 e. The summed E-state index contributed by atoms with van der Waals surface area (Å²) in [5.41, 5.74) is 0. The first-order valence-electron chi connectivity index (χ1n) is 28.0. The highest BCUT2D eigenvalue weighted by Crippen LogP contribution is 2.47. The topological polar surface area (TPSA) is 77.3 Å². The van der Waals surface area contributed by atoms with Crippen LogP contribution in [0.25, 0.3) is 127 Å². The van der Waals surface area contributed by atoms with Gasteiger partial charge in [-0.2, -0.15) is 0 Å². The molecule has 0 aliphatic heterocycles. The van der Waals surface area contributed by atoms with Crippen molar-refractivity contribution in [1.29, 1.82) is 0 Å². The summed E-state index contributed by atoms with van der Waals surface area (Å²) in [6.07, 6.45) is 13.0. The summed E-state index contributed by atoms with van der Waals surface area (Å²) in [6, 6.07) is 43.8. The molecule has 0 atom stereocenters. The lowest BCUT2D eigenvalue weighted by molar-refractivity contribution is 0.670. The van der Waals surface area contributed by atoms with Crippen LogP contribution in [-0.4, -0.2) is 29.9 Å². The summed E-state index contributed by atoms with van der Waals surface area (Å²) < 4.78 is 0. The van der Waals surface area contributed by atoms with Crippen molar-refractivity contribution >= 4 is 210 Å². The van der Waals surface area contributed by atoms with E-state index in [0.717, 1.165) is 59.0 Å². The van der Waals surface area contributed by atoms with E-state index in [4.69, 9.17) is 19.9 Å². The first kappa shape index (κ1) is 59.2. The van der Waals surface area contributed by atoms with Crippen molar-refractivity contribution < 1.29 is 0 Å². The Morgan fingerprint density at radius 1 is 0.233 bits per heavy atom. The molecule has 6 nitrogen and oxygen atoms in total. The molecule has 0 fully saturated rings. The summed E-state index contributed by atoms with van der Waals surface area (Å²) in [7, 11) is 0. The molecule has 0 spiro atoms. The second-order valence-electron chi connectivity index (χ2n) is 19.7. The molecule has 22 heteroatoms. The molecule has 0 aliphatic carbocycles. The van der Waals surface area contributed by atoms with Gasteiger partial charge in [0.2, 0.25) is 0 Å². The number of thiazole rings is 6. The van der Waals surface area contributed by atoms with Crippen molar-refractivity contribution in [2.75, 3.05) is 0 Å². The second-order valence-corrected chi connectivity index (χ2v) is 36.0. The van der Waals surface area contributed by atoms with Crippen molar-refractivity contribution in [3.8, 4) is 98.3 Å². The van der Waals surface area contributed by atoms with Crippen LogP contribution in [0.4, 0.5) is 0 Å². The maximum Gasteiger partial charge on any atom is 0.155 e. The van der Waals surface area contributed by atoms with Gasteiger partial charge in [0.25, 0.3) is 0 Å². The van der Waals surface area contributed by atoms with Gasteiger partial charge in [0, 0.05) is 48.8 Å². The molecule has 16 heterocycles. The fraction of sp³-hybridized carbons (Fsp3) is 0.188. The standard InChI is InChI=1S/C32H34N2S6.C20H10N2S6.C12H6N2S4/c1-3-5-7-9-11-21-13-15-23(35-21)25-17-19-27(37-25)29-33-31-32(39-29)34-30(40-31)28-20-18-26(38-28)24-16-14-22(36-24)12-10-8-6-4-2;1-3-11(23-9-1)13-5-7-15(25-13)17-21-19-20(27-17)22-18(28-19)16-8-6-14(26-16)12-4-2-10-24-12;1-3-7(15-5-1)9-13-11-12(17-9)14-10(18-11)8-4-2-6-16-8/h13-20H,3-12H2,1-2H3;1-10H;1-6H. The van der Waals surface area contributed by atoms with Crippen molar-refractivity contribution in [1.82, 2.24) is 29.9 Å². The molecule has 16 aromatic heterocycles. The zero-order valence-corrected chi connectivity index (χ0v) is 59.2. The van der Waals surface area contributed by atoms with Crippen LogP contribution in [0.3, 0.4) is 0 Å². The summed E-state index contributed by atoms with van der Waals surface area (Å²) >= 11 is 28.4. The van der Waals surface area contributed by atoms with E-state index in [1.54, 1.807) is 136 Å². The van der Waals surface area contributed by atoms with E-state index < -0.39 is 0 Å². The minimum absolute atomic E-state index is 1.03. The second kappa shape index (κ2) is 27.7. The number of nitrogens with zero attached hydrogens (tertiary/aromatic N) is 6. The van der Waals surface area contributed by atoms with Crippen LogP contribution in [0.2, 0.25) is 0 Å². The van der Waals surface area contributed by atoms with Crippen LogP contribution in [-0.2, 0) is 12.8 Å². The largest absolute Gasteiger partial charge is 0.222 e. The average molecular weight is 1420 g/mol. The normalized spacial score (nSPS) is 11.6. The van der Waals surface area contributed by atoms with Gasteiger partial charge in [-0.1, -0.05) is 145 Å². The van der Waals surface area contributed by atoms with Crippen molar-refractivity contribution in [2.45, 2.75) is 78.1 Å². The Kier molecular flexibility index (Phi) is 19.1. The molecule has 0 aliphatic rings. The van der Waals surface area contributed by atoms with Crippen LogP contribution in [0.5, 0.6) is 0 Å². The van der Waals surface area contributed by atoms with E-state index in [9.17, 15) is 0 Å². The van der Waals surface area contributed by atoms with Gasteiger partial charge in [-0.05, 0) is 144 Å². The maximum atomic E-state index is 5.00. The maximum absolute atomic E-state index is 5.00. The predicted octanol–water partition coefficient (Wildman–Crippen LogP) is 26.8. The summed E-state index contributed by atoms with van der Waals surface area (Å²) in [4.78, 5) is 56.4. The van der Waals surface area contributed by atoms with E-state index in [1.165, 1.54) is 142 Å². The highest BCUT2D eigenvalue weighted by Gasteiger charge is 2.20. The molecule has 16 rings (SSSR count). The third-order valence-corrected chi connectivity index (χ3v) is 31.5. The van der Waals surface area contributed by atoms with Gasteiger partial charge in [0.1, 0.15) is 30.0 Å². The Bertz CT molecular complexity index is 4340. The molecule has 0 saturated carbocycles.